The highest BCUT2D eigenvalue weighted by molar-refractivity contribution is 5.74. The summed E-state index contributed by atoms with van der Waals surface area (Å²) in [6, 6.07) is 6.21. The van der Waals surface area contributed by atoms with Crippen LogP contribution in [-0.2, 0) is 11.3 Å². The van der Waals surface area contributed by atoms with E-state index in [0.29, 0.717) is 6.54 Å². The lowest BCUT2D eigenvalue weighted by atomic mass is 9.99. The van der Waals surface area contributed by atoms with Crippen molar-refractivity contribution in [1.82, 2.24) is 5.32 Å². The zero-order valence-electron chi connectivity index (χ0n) is 10.5. The Kier molecular flexibility index (Phi) is 4.78. The number of amides is 1. The van der Waals surface area contributed by atoms with Gasteiger partial charge in [-0.3, -0.25) is 4.79 Å². The molecule has 5 heteroatoms. The molecule has 18 heavy (non-hydrogen) atoms. The van der Waals surface area contributed by atoms with Crippen molar-refractivity contribution in [2.24, 2.45) is 5.73 Å². The maximum atomic E-state index is 12.5. The standard InChI is InChI=1S/C13H18F2N2O/c1-13(2,7-11(16)18)17-8-9-4-3-5-10(6-9)12(14)15/h3-6,12,17H,7-8H2,1-2H3,(H2,16,18). The first kappa shape index (κ1) is 14.6. The minimum absolute atomic E-state index is 0.00186. The van der Waals surface area contributed by atoms with Gasteiger partial charge in [-0.1, -0.05) is 18.2 Å². The molecule has 1 amide bonds. The van der Waals surface area contributed by atoms with Crippen molar-refractivity contribution in [3.8, 4) is 0 Å². The van der Waals surface area contributed by atoms with E-state index in [0.717, 1.165) is 5.56 Å². The number of benzene rings is 1. The number of primary amides is 1. The van der Waals surface area contributed by atoms with Crippen LogP contribution in [0.3, 0.4) is 0 Å². The molecule has 3 nitrogen and oxygen atoms in total. The number of alkyl halides is 2. The summed E-state index contributed by atoms with van der Waals surface area (Å²) in [4.78, 5) is 10.9. The summed E-state index contributed by atoms with van der Waals surface area (Å²) >= 11 is 0. The van der Waals surface area contributed by atoms with Gasteiger partial charge in [-0.25, -0.2) is 8.78 Å². The molecule has 0 heterocycles. The van der Waals surface area contributed by atoms with Crippen LogP contribution in [-0.4, -0.2) is 11.4 Å². The largest absolute Gasteiger partial charge is 0.370 e. The first-order valence-electron chi connectivity index (χ1n) is 5.70. The van der Waals surface area contributed by atoms with E-state index in [9.17, 15) is 13.6 Å². The fourth-order valence-corrected chi connectivity index (χ4v) is 1.68. The van der Waals surface area contributed by atoms with Gasteiger partial charge in [0.05, 0.1) is 0 Å². The molecule has 0 saturated heterocycles. The quantitative estimate of drug-likeness (QED) is 0.821. The number of halogens is 2. The normalized spacial score (nSPS) is 11.8. The Morgan fingerprint density at radius 1 is 1.44 bits per heavy atom. The molecule has 0 fully saturated rings. The summed E-state index contributed by atoms with van der Waals surface area (Å²) < 4.78 is 25.0. The van der Waals surface area contributed by atoms with Crippen molar-refractivity contribution in [2.75, 3.05) is 0 Å². The highest BCUT2D eigenvalue weighted by Gasteiger charge is 2.19. The van der Waals surface area contributed by atoms with Crippen molar-refractivity contribution < 1.29 is 13.6 Å². The number of hydrogen-bond donors (Lipinski definition) is 2. The van der Waals surface area contributed by atoms with E-state index in [1.807, 2.05) is 13.8 Å². The van der Waals surface area contributed by atoms with Gasteiger partial charge >= 0.3 is 0 Å². The summed E-state index contributed by atoms with van der Waals surface area (Å²) in [5.41, 5.74) is 5.44. The Bertz CT molecular complexity index is 419. The highest BCUT2D eigenvalue weighted by Crippen LogP contribution is 2.19. The van der Waals surface area contributed by atoms with Gasteiger partial charge in [-0.05, 0) is 25.5 Å². The molecule has 0 saturated carbocycles. The SMILES string of the molecule is CC(C)(CC(N)=O)NCc1cccc(C(F)F)c1. The van der Waals surface area contributed by atoms with Gasteiger partial charge in [-0.2, -0.15) is 0 Å². The number of nitrogens with one attached hydrogen (secondary N) is 1. The van der Waals surface area contributed by atoms with E-state index in [4.69, 9.17) is 5.73 Å². The molecular weight excluding hydrogens is 238 g/mol. The maximum absolute atomic E-state index is 12.5. The monoisotopic (exact) mass is 256 g/mol. The average molecular weight is 256 g/mol. The Morgan fingerprint density at radius 3 is 2.67 bits per heavy atom. The van der Waals surface area contributed by atoms with E-state index in [2.05, 4.69) is 5.32 Å². The van der Waals surface area contributed by atoms with E-state index in [-0.39, 0.29) is 12.0 Å². The van der Waals surface area contributed by atoms with Gasteiger partial charge in [0.2, 0.25) is 5.91 Å². The molecule has 0 aromatic heterocycles. The van der Waals surface area contributed by atoms with E-state index in [1.54, 1.807) is 12.1 Å². The van der Waals surface area contributed by atoms with Gasteiger partial charge in [0.25, 0.3) is 6.43 Å². The van der Waals surface area contributed by atoms with Crippen LogP contribution in [0.1, 0.15) is 37.8 Å². The Morgan fingerprint density at radius 2 is 2.11 bits per heavy atom. The van der Waals surface area contributed by atoms with Gasteiger partial charge in [0.1, 0.15) is 0 Å². The lowest BCUT2D eigenvalue weighted by Gasteiger charge is -2.25. The minimum atomic E-state index is -2.47. The Labute approximate surface area is 105 Å². The number of carbonyl (C=O) groups excluding carboxylic acids is 1. The van der Waals surface area contributed by atoms with Crippen LogP contribution >= 0.6 is 0 Å². The molecule has 0 atom stereocenters. The minimum Gasteiger partial charge on any atom is -0.370 e. The number of hydrogen-bond acceptors (Lipinski definition) is 2. The van der Waals surface area contributed by atoms with E-state index in [1.165, 1.54) is 12.1 Å². The zero-order chi connectivity index (χ0) is 13.8. The molecule has 0 radical (unpaired) electrons. The fourth-order valence-electron chi connectivity index (χ4n) is 1.68. The molecule has 0 spiro atoms. The topological polar surface area (TPSA) is 55.1 Å². The third-order valence-corrected chi connectivity index (χ3v) is 2.59. The van der Waals surface area contributed by atoms with Gasteiger partial charge < -0.3 is 11.1 Å². The van der Waals surface area contributed by atoms with Crippen molar-refractivity contribution in [1.29, 1.82) is 0 Å². The fraction of sp³-hybridized carbons (Fsp3) is 0.462. The molecule has 1 rings (SSSR count). The smallest absolute Gasteiger partial charge is 0.263 e. The lowest BCUT2D eigenvalue weighted by molar-refractivity contribution is -0.119. The molecule has 0 unspecified atom stereocenters. The molecule has 1 aromatic carbocycles. The van der Waals surface area contributed by atoms with Crippen LogP contribution in [0.25, 0.3) is 0 Å². The summed E-state index contributed by atoms with van der Waals surface area (Å²) in [6.07, 6.45) is -2.27. The summed E-state index contributed by atoms with van der Waals surface area (Å²) in [5.74, 6) is -0.395. The maximum Gasteiger partial charge on any atom is 0.263 e. The zero-order valence-corrected chi connectivity index (χ0v) is 10.5. The van der Waals surface area contributed by atoms with Gasteiger partial charge in [0, 0.05) is 24.1 Å². The molecule has 1 aromatic rings. The van der Waals surface area contributed by atoms with Crippen molar-refractivity contribution in [2.45, 2.75) is 38.8 Å². The second-order valence-corrected chi connectivity index (χ2v) is 4.93. The average Bonchev–Trinajstić information content (AvgIpc) is 2.25. The molecule has 0 aliphatic rings. The van der Waals surface area contributed by atoms with Crippen LogP contribution in [0.5, 0.6) is 0 Å². The van der Waals surface area contributed by atoms with Crippen LogP contribution in [0.15, 0.2) is 24.3 Å². The number of rotatable bonds is 6. The van der Waals surface area contributed by atoms with Crippen molar-refractivity contribution in [3.63, 3.8) is 0 Å². The predicted octanol–water partition coefficient (Wildman–Crippen LogP) is 2.37. The first-order chi connectivity index (χ1) is 8.30. The first-order valence-corrected chi connectivity index (χ1v) is 5.70. The van der Waals surface area contributed by atoms with Crippen molar-refractivity contribution >= 4 is 5.91 Å². The second-order valence-electron chi connectivity index (χ2n) is 4.93. The van der Waals surface area contributed by atoms with Crippen LogP contribution in [0, 0.1) is 0 Å². The molecule has 3 N–H and O–H groups in total. The van der Waals surface area contributed by atoms with Crippen LogP contribution in [0.2, 0.25) is 0 Å². The number of carbonyl (C=O) groups is 1. The lowest BCUT2D eigenvalue weighted by Crippen LogP contribution is -2.42. The third kappa shape index (κ3) is 4.79. The van der Waals surface area contributed by atoms with Gasteiger partial charge in [0.15, 0.2) is 0 Å². The molecule has 100 valence electrons. The third-order valence-electron chi connectivity index (χ3n) is 2.59. The Hall–Kier alpha value is -1.49. The summed E-state index contributed by atoms with van der Waals surface area (Å²) in [5, 5.41) is 3.13. The summed E-state index contributed by atoms with van der Waals surface area (Å²) in [6.45, 7) is 4.10. The number of nitrogens with two attached hydrogens (primary N) is 1. The van der Waals surface area contributed by atoms with Crippen LogP contribution < -0.4 is 11.1 Å². The van der Waals surface area contributed by atoms with E-state index < -0.39 is 17.9 Å². The van der Waals surface area contributed by atoms with Crippen molar-refractivity contribution in [3.05, 3.63) is 35.4 Å². The summed E-state index contributed by atoms with van der Waals surface area (Å²) in [7, 11) is 0. The molecular formula is C13H18F2N2O. The Balaban J connectivity index is 2.63. The van der Waals surface area contributed by atoms with Gasteiger partial charge in [-0.15, -0.1) is 0 Å². The highest BCUT2D eigenvalue weighted by atomic mass is 19.3. The second kappa shape index (κ2) is 5.91. The van der Waals surface area contributed by atoms with Crippen LogP contribution in [0.4, 0.5) is 8.78 Å². The van der Waals surface area contributed by atoms with E-state index >= 15 is 0 Å². The molecule has 0 aliphatic carbocycles. The molecule has 0 bridgehead atoms. The molecule has 0 aliphatic heterocycles. The predicted molar refractivity (Wildman–Crippen MR) is 66.1 cm³/mol.